The van der Waals surface area contributed by atoms with E-state index in [0.717, 1.165) is 39.2 Å². The largest absolute Gasteiger partial charge is 0.455 e. The van der Waals surface area contributed by atoms with Gasteiger partial charge in [0.25, 0.3) is 5.91 Å². The summed E-state index contributed by atoms with van der Waals surface area (Å²) in [5, 5.41) is 10.6. The topological polar surface area (TPSA) is 115 Å². The van der Waals surface area contributed by atoms with Crippen molar-refractivity contribution >= 4 is 28.3 Å². The first-order chi connectivity index (χ1) is 18.4. The molecule has 38 heavy (non-hydrogen) atoms. The van der Waals surface area contributed by atoms with E-state index in [4.69, 9.17) is 9.26 Å². The summed E-state index contributed by atoms with van der Waals surface area (Å²) >= 11 is 0. The maximum atomic E-state index is 12.1. The van der Waals surface area contributed by atoms with Crippen molar-refractivity contribution in [1.29, 1.82) is 0 Å². The number of aromatic nitrogens is 4. The van der Waals surface area contributed by atoms with Crippen LogP contribution in [0.1, 0.15) is 33.1 Å². The van der Waals surface area contributed by atoms with Gasteiger partial charge in [0.05, 0.1) is 24.0 Å². The van der Waals surface area contributed by atoms with Crippen LogP contribution in [0.2, 0.25) is 0 Å². The molecule has 0 aliphatic heterocycles. The molecule has 0 spiro atoms. The summed E-state index contributed by atoms with van der Waals surface area (Å²) in [5.74, 6) is 7.91. The predicted octanol–water partition coefficient (Wildman–Crippen LogP) is 5.26. The minimum Gasteiger partial charge on any atom is -0.455 e. The Balaban J connectivity index is 1.29. The lowest BCUT2D eigenvalue weighted by Crippen LogP contribution is -2.23. The molecule has 0 aliphatic carbocycles. The number of hydrogen-bond acceptors (Lipinski definition) is 8. The minimum atomic E-state index is -0.361. The molecule has 0 unspecified atom stereocenters. The van der Waals surface area contributed by atoms with Crippen molar-refractivity contribution in [3.05, 3.63) is 95.4 Å². The number of benzene rings is 2. The van der Waals surface area contributed by atoms with Gasteiger partial charge in [-0.2, -0.15) is 0 Å². The highest BCUT2D eigenvalue weighted by Gasteiger charge is 2.10. The molecule has 3 aromatic heterocycles. The molecule has 5 rings (SSSR count). The third-order valence-corrected chi connectivity index (χ3v) is 5.61. The molecule has 0 radical (unpaired) electrons. The Morgan fingerprint density at radius 2 is 1.87 bits per heavy atom. The van der Waals surface area contributed by atoms with E-state index in [0.29, 0.717) is 17.3 Å². The first kappa shape index (κ1) is 24.5. The number of amides is 1. The highest BCUT2D eigenvalue weighted by Crippen LogP contribution is 2.29. The van der Waals surface area contributed by atoms with Crippen LogP contribution >= 0.6 is 0 Å². The standard InChI is InChI=1S/C29H24N6O3/c1-18-13-22(8-11-26(18)37-23-9-6-19(2)31-16-23)34-28-24-15-21(7-10-25(24)32-17-33-28)5-4-12-30-29(36)27-14-20(3)35-38-27/h6-11,13-17H,12H2,1-3H3,(H,30,36)(H,32,33,34). The lowest BCUT2D eigenvalue weighted by Gasteiger charge is -2.12. The molecule has 0 bridgehead atoms. The van der Waals surface area contributed by atoms with Crippen molar-refractivity contribution < 1.29 is 14.1 Å². The second kappa shape index (κ2) is 10.8. The molecule has 3 heterocycles. The van der Waals surface area contributed by atoms with Crippen LogP contribution in [0, 0.1) is 32.6 Å². The molecule has 0 saturated heterocycles. The van der Waals surface area contributed by atoms with Gasteiger partial charge >= 0.3 is 0 Å². The highest BCUT2D eigenvalue weighted by atomic mass is 16.5. The van der Waals surface area contributed by atoms with Gasteiger partial charge in [-0.25, -0.2) is 9.97 Å². The Bertz CT molecular complexity index is 1680. The molecule has 9 nitrogen and oxygen atoms in total. The summed E-state index contributed by atoms with van der Waals surface area (Å²) in [7, 11) is 0. The first-order valence-corrected chi connectivity index (χ1v) is 11.9. The predicted molar refractivity (Wildman–Crippen MR) is 143 cm³/mol. The van der Waals surface area contributed by atoms with Crippen LogP contribution in [0.4, 0.5) is 11.5 Å². The van der Waals surface area contributed by atoms with Crippen LogP contribution in [0.5, 0.6) is 11.5 Å². The first-order valence-electron chi connectivity index (χ1n) is 11.9. The van der Waals surface area contributed by atoms with Gasteiger partial charge in [0.2, 0.25) is 5.76 Å². The van der Waals surface area contributed by atoms with Crippen molar-refractivity contribution in [1.82, 2.24) is 25.4 Å². The average molecular weight is 505 g/mol. The van der Waals surface area contributed by atoms with Crippen molar-refractivity contribution in [3.63, 3.8) is 0 Å². The van der Waals surface area contributed by atoms with Crippen LogP contribution in [0.15, 0.2) is 71.6 Å². The molecule has 2 aromatic carbocycles. The quantitative estimate of drug-likeness (QED) is 0.301. The zero-order valence-electron chi connectivity index (χ0n) is 21.1. The second-order valence-corrected chi connectivity index (χ2v) is 8.61. The zero-order valence-corrected chi connectivity index (χ0v) is 21.1. The fraction of sp³-hybridized carbons (Fsp3) is 0.138. The van der Waals surface area contributed by atoms with Gasteiger partial charge in [-0.1, -0.05) is 17.0 Å². The number of fused-ring (bicyclic) bond motifs is 1. The Hall–Kier alpha value is -5.23. The average Bonchev–Trinajstić information content (AvgIpc) is 3.36. The molecule has 0 aliphatic rings. The molecule has 5 aromatic rings. The Kier molecular flexibility index (Phi) is 6.95. The van der Waals surface area contributed by atoms with Crippen molar-refractivity contribution in [2.45, 2.75) is 20.8 Å². The summed E-state index contributed by atoms with van der Waals surface area (Å²) in [6, 6.07) is 16.9. The number of carbonyl (C=O) groups is 1. The highest BCUT2D eigenvalue weighted by molar-refractivity contribution is 5.92. The fourth-order valence-corrected chi connectivity index (χ4v) is 3.68. The maximum Gasteiger partial charge on any atom is 0.290 e. The van der Waals surface area contributed by atoms with Crippen molar-refractivity contribution in [2.75, 3.05) is 11.9 Å². The van der Waals surface area contributed by atoms with Gasteiger partial charge in [0.1, 0.15) is 23.6 Å². The van der Waals surface area contributed by atoms with E-state index in [1.807, 2.05) is 62.4 Å². The Morgan fingerprint density at radius 3 is 2.63 bits per heavy atom. The number of aryl methyl sites for hydroxylation is 3. The molecule has 0 saturated carbocycles. The molecule has 188 valence electrons. The smallest absolute Gasteiger partial charge is 0.290 e. The summed E-state index contributed by atoms with van der Waals surface area (Å²) in [4.78, 5) is 25.1. The minimum absolute atomic E-state index is 0.157. The van der Waals surface area contributed by atoms with Crippen LogP contribution in [0.25, 0.3) is 10.9 Å². The Labute approximate surface area is 219 Å². The van der Waals surface area contributed by atoms with E-state index >= 15 is 0 Å². The SMILES string of the molecule is Cc1ccc(Oc2ccc(Nc3ncnc4ccc(C#CCNC(=O)c5cc(C)no5)cc34)cc2C)cn1. The lowest BCUT2D eigenvalue weighted by molar-refractivity contribution is 0.0922. The van der Waals surface area contributed by atoms with Gasteiger partial charge in [-0.3, -0.25) is 9.78 Å². The molecule has 1 amide bonds. The van der Waals surface area contributed by atoms with E-state index in [1.54, 1.807) is 19.2 Å². The van der Waals surface area contributed by atoms with E-state index in [9.17, 15) is 4.79 Å². The summed E-state index contributed by atoms with van der Waals surface area (Å²) in [5.41, 5.74) is 4.95. The third kappa shape index (κ3) is 5.77. The molecule has 9 heteroatoms. The van der Waals surface area contributed by atoms with Crippen LogP contribution in [-0.4, -0.2) is 32.6 Å². The third-order valence-electron chi connectivity index (χ3n) is 5.61. The maximum absolute atomic E-state index is 12.1. The van der Waals surface area contributed by atoms with Gasteiger partial charge in [-0.05, 0) is 74.9 Å². The molecular formula is C29H24N6O3. The van der Waals surface area contributed by atoms with Crippen LogP contribution in [0.3, 0.4) is 0 Å². The second-order valence-electron chi connectivity index (χ2n) is 8.61. The summed E-state index contributed by atoms with van der Waals surface area (Å²) in [6.07, 6.45) is 3.23. The van der Waals surface area contributed by atoms with Gasteiger partial charge in [0.15, 0.2) is 0 Å². The zero-order chi connectivity index (χ0) is 26.5. The lowest BCUT2D eigenvalue weighted by atomic mass is 10.1. The molecule has 0 fully saturated rings. The van der Waals surface area contributed by atoms with E-state index < -0.39 is 0 Å². The number of carbonyl (C=O) groups excluding carboxylic acids is 1. The van der Waals surface area contributed by atoms with E-state index in [1.165, 1.54) is 6.33 Å². The van der Waals surface area contributed by atoms with Gasteiger partial charge in [0, 0.05) is 28.4 Å². The van der Waals surface area contributed by atoms with Crippen molar-refractivity contribution in [3.8, 4) is 23.3 Å². The number of hydrogen-bond donors (Lipinski definition) is 2. The number of nitrogens with zero attached hydrogens (tertiary/aromatic N) is 4. The van der Waals surface area contributed by atoms with Crippen LogP contribution < -0.4 is 15.4 Å². The fourth-order valence-electron chi connectivity index (χ4n) is 3.68. The summed E-state index contributed by atoms with van der Waals surface area (Å²) < 4.78 is 10.9. The number of ether oxygens (including phenoxy) is 1. The molecule has 0 atom stereocenters. The van der Waals surface area contributed by atoms with Crippen LogP contribution in [-0.2, 0) is 0 Å². The summed E-state index contributed by atoms with van der Waals surface area (Å²) in [6.45, 7) is 5.83. The number of anilines is 2. The van der Waals surface area contributed by atoms with Crippen molar-refractivity contribution in [2.24, 2.45) is 0 Å². The normalized spacial score (nSPS) is 10.5. The molecule has 2 N–H and O–H groups in total. The number of nitrogens with one attached hydrogen (secondary N) is 2. The van der Waals surface area contributed by atoms with Gasteiger partial charge < -0.3 is 19.9 Å². The molecular weight excluding hydrogens is 480 g/mol. The van der Waals surface area contributed by atoms with E-state index in [-0.39, 0.29) is 18.2 Å². The Morgan fingerprint density at radius 1 is 0.974 bits per heavy atom. The number of pyridine rings is 1. The monoisotopic (exact) mass is 504 g/mol. The number of rotatable bonds is 6. The van der Waals surface area contributed by atoms with Gasteiger partial charge in [-0.15, -0.1) is 0 Å². The van der Waals surface area contributed by atoms with E-state index in [2.05, 4.69) is 42.6 Å².